The second kappa shape index (κ2) is 17.8. The number of carboxylic acid groups (broad SMARTS) is 1. The number of alkyl halides is 3. The quantitative estimate of drug-likeness (QED) is 0.113. The van der Waals surface area contributed by atoms with Crippen LogP contribution in [-0.4, -0.2) is 128 Å². The molecule has 3 fully saturated rings. The number of amides is 3. The lowest BCUT2D eigenvalue weighted by molar-refractivity contribution is -0.143. The van der Waals surface area contributed by atoms with Gasteiger partial charge in [0, 0.05) is 68.1 Å². The number of carbonyl (C=O) groups is 4. The molecule has 59 heavy (non-hydrogen) atoms. The summed E-state index contributed by atoms with van der Waals surface area (Å²) < 4.78 is 41.7. The van der Waals surface area contributed by atoms with Crippen LogP contribution in [0.15, 0.2) is 42.7 Å². The molecule has 3 aliphatic heterocycles. The molecule has 3 aromatic heterocycles. The standard InChI is InChI=1S/C39H45ClF3N11O5/c40-29-17-25(49-36(57)35-47-21-26(48-35)16-28-33(30-6-3-24(44)20-46-30)50-51-34(28)39(41,42)43)4-5-27(29)37(58)53-12-14-54(15-13-53)38(59)32(23-18-45-19-23)22-7-10-52(11-8-22)9-1-2-31(55)56/h3-6,17,20-23,32,45H,1-2,7-16,18-19,44H2,(H,47,48)(H,49,57)(H,50,51)(H,55,56). The molecule has 314 valence electrons. The minimum absolute atomic E-state index is 0.0240. The Balaban J connectivity index is 0.932. The molecule has 1 unspecified atom stereocenters. The van der Waals surface area contributed by atoms with Crippen LogP contribution in [0.5, 0.6) is 0 Å². The fraction of sp³-hybridized carbons (Fsp3) is 0.462. The van der Waals surface area contributed by atoms with Gasteiger partial charge in [0.2, 0.25) is 5.91 Å². The SMILES string of the molecule is Nc1ccc(-c2n[nH]c(C(F)(F)F)c2Cc2cnc(C(=O)Nc3ccc(C(=O)N4CCN(C(=O)C(C5CCN(CCCC(=O)O)CC5)C5CNC5)CC4)c(Cl)c3)[nH]2)nc1. The number of carbonyl (C=O) groups excluding carboxylic acids is 3. The lowest BCUT2D eigenvalue weighted by Gasteiger charge is -2.45. The maximum atomic E-state index is 14.0. The number of nitrogens with zero attached hydrogens (tertiary/aromatic N) is 6. The highest BCUT2D eigenvalue weighted by Gasteiger charge is 2.42. The van der Waals surface area contributed by atoms with Crippen molar-refractivity contribution in [3.63, 3.8) is 0 Å². The Labute approximate surface area is 342 Å². The van der Waals surface area contributed by atoms with Crippen molar-refractivity contribution in [3.8, 4) is 11.4 Å². The van der Waals surface area contributed by atoms with Gasteiger partial charge in [0.15, 0.2) is 5.82 Å². The first-order valence-electron chi connectivity index (χ1n) is 19.5. The molecule has 7 rings (SSSR count). The number of piperidine rings is 1. The van der Waals surface area contributed by atoms with Gasteiger partial charge in [0.25, 0.3) is 11.8 Å². The number of anilines is 2. The molecule has 1 atom stereocenters. The summed E-state index contributed by atoms with van der Waals surface area (Å²) in [6.45, 7) is 5.48. The van der Waals surface area contributed by atoms with Crippen molar-refractivity contribution in [2.24, 2.45) is 17.8 Å². The van der Waals surface area contributed by atoms with Crippen LogP contribution in [0.1, 0.15) is 63.6 Å². The Morgan fingerprint density at radius 3 is 2.32 bits per heavy atom. The van der Waals surface area contributed by atoms with Crippen molar-refractivity contribution in [1.82, 2.24) is 45.2 Å². The Kier molecular flexibility index (Phi) is 12.5. The van der Waals surface area contributed by atoms with Crippen molar-refractivity contribution in [2.75, 3.05) is 70.0 Å². The number of nitrogen functional groups attached to an aromatic ring is 1. The molecule has 3 saturated heterocycles. The minimum atomic E-state index is -4.74. The van der Waals surface area contributed by atoms with E-state index in [1.807, 2.05) is 4.90 Å². The lowest BCUT2D eigenvalue weighted by Crippen LogP contribution is -2.58. The van der Waals surface area contributed by atoms with Crippen molar-refractivity contribution in [1.29, 1.82) is 0 Å². The summed E-state index contributed by atoms with van der Waals surface area (Å²) in [7, 11) is 0. The maximum absolute atomic E-state index is 14.0. The third-order valence-corrected chi connectivity index (χ3v) is 11.7. The number of H-pyrrole nitrogens is 2. The summed E-state index contributed by atoms with van der Waals surface area (Å²) in [5, 5.41) is 20.9. The number of piperazine rings is 1. The zero-order chi connectivity index (χ0) is 41.8. The van der Waals surface area contributed by atoms with Crippen LogP contribution in [0.2, 0.25) is 5.02 Å². The Morgan fingerprint density at radius 1 is 0.966 bits per heavy atom. The number of halogens is 4. The van der Waals surface area contributed by atoms with E-state index in [9.17, 15) is 32.3 Å². The van der Waals surface area contributed by atoms with Crippen molar-refractivity contribution >= 4 is 46.7 Å². The van der Waals surface area contributed by atoms with Gasteiger partial charge in [-0.2, -0.15) is 18.3 Å². The fourth-order valence-corrected chi connectivity index (χ4v) is 8.36. The fourth-order valence-electron chi connectivity index (χ4n) is 8.09. The number of pyridine rings is 1. The molecule has 16 nitrogen and oxygen atoms in total. The first kappa shape index (κ1) is 41.6. The van der Waals surface area contributed by atoms with Gasteiger partial charge in [0.05, 0.1) is 28.2 Å². The van der Waals surface area contributed by atoms with Crippen LogP contribution < -0.4 is 16.4 Å². The predicted octanol–water partition coefficient (Wildman–Crippen LogP) is 3.99. The number of imidazole rings is 1. The van der Waals surface area contributed by atoms with Crippen molar-refractivity contribution in [2.45, 2.75) is 38.3 Å². The normalized spacial score (nSPS) is 17.4. The first-order chi connectivity index (χ1) is 28.2. The van der Waals surface area contributed by atoms with Crippen LogP contribution in [0.25, 0.3) is 11.4 Å². The second-order valence-corrected chi connectivity index (χ2v) is 15.6. The van der Waals surface area contributed by atoms with E-state index in [0.717, 1.165) is 45.6 Å². The van der Waals surface area contributed by atoms with Crippen molar-refractivity contribution in [3.05, 3.63) is 76.1 Å². The number of benzene rings is 1. The monoisotopic (exact) mass is 839 g/mol. The third-order valence-electron chi connectivity index (χ3n) is 11.3. The molecular weight excluding hydrogens is 795 g/mol. The van der Waals surface area contributed by atoms with E-state index in [1.54, 1.807) is 4.90 Å². The molecule has 3 aliphatic rings. The molecule has 0 bridgehead atoms. The van der Waals surface area contributed by atoms with Gasteiger partial charge in [-0.05, 0) is 94.2 Å². The van der Waals surface area contributed by atoms with Gasteiger partial charge < -0.3 is 41.2 Å². The van der Waals surface area contributed by atoms with Crippen LogP contribution in [-0.2, 0) is 22.2 Å². The summed E-state index contributed by atoms with van der Waals surface area (Å²) in [5.41, 5.74) is 5.62. The molecule has 1 aromatic carbocycles. The molecule has 3 amide bonds. The summed E-state index contributed by atoms with van der Waals surface area (Å²) in [6, 6.07) is 7.41. The summed E-state index contributed by atoms with van der Waals surface area (Å²) in [5.74, 6) is -1.41. The Morgan fingerprint density at radius 2 is 1.69 bits per heavy atom. The average molecular weight is 840 g/mol. The number of aromatic amines is 2. The van der Waals surface area contributed by atoms with E-state index in [4.69, 9.17) is 22.4 Å². The van der Waals surface area contributed by atoms with E-state index in [1.165, 1.54) is 42.7 Å². The number of rotatable bonds is 13. The smallest absolute Gasteiger partial charge is 0.433 e. The Bertz CT molecular complexity index is 2160. The molecule has 7 N–H and O–H groups in total. The first-order valence-corrected chi connectivity index (χ1v) is 19.9. The number of aliphatic carboxylic acids is 1. The Hall–Kier alpha value is -5.53. The summed E-state index contributed by atoms with van der Waals surface area (Å²) >= 11 is 6.56. The number of hydrogen-bond acceptors (Lipinski definition) is 10. The van der Waals surface area contributed by atoms with E-state index in [-0.39, 0.29) is 87.2 Å². The molecule has 0 aliphatic carbocycles. The van der Waals surface area contributed by atoms with Gasteiger partial charge in [0.1, 0.15) is 11.4 Å². The van der Waals surface area contributed by atoms with E-state index < -0.39 is 23.7 Å². The molecule has 20 heteroatoms. The molecule has 0 saturated carbocycles. The zero-order valence-corrected chi connectivity index (χ0v) is 32.8. The number of likely N-dealkylation sites (tertiary alicyclic amines) is 1. The van der Waals surface area contributed by atoms with Gasteiger partial charge in [-0.1, -0.05) is 11.6 Å². The number of carboxylic acids is 1. The summed E-state index contributed by atoms with van der Waals surface area (Å²) in [4.78, 5) is 68.4. The number of aromatic nitrogens is 5. The second-order valence-electron chi connectivity index (χ2n) is 15.2. The summed E-state index contributed by atoms with van der Waals surface area (Å²) in [6.07, 6.45) is 0.0724. The third kappa shape index (κ3) is 9.69. The zero-order valence-electron chi connectivity index (χ0n) is 32.0. The molecule has 0 spiro atoms. The highest BCUT2D eigenvalue weighted by molar-refractivity contribution is 6.34. The van der Waals surface area contributed by atoms with Crippen molar-refractivity contribution < 1.29 is 37.5 Å². The molecule has 0 radical (unpaired) electrons. The lowest BCUT2D eigenvalue weighted by atomic mass is 9.73. The van der Waals surface area contributed by atoms with E-state index >= 15 is 0 Å². The molecular formula is C39H45ClF3N11O5. The van der Waals surface area contributed by atoms with Crippen LogP contribution >= 0.6 is 11.6 Å². The predicted molar refractivity (Wildman–Crippen MR) is 210 cm³/mol. The highest BCUT2D eigenvalue weighted by atomic mass is 35.5. The van der Waals surface area contributed by atoms with Gasteiger partial charge >= 0.3 is 12.1 Å². The van der Waals surface area contributed by atoms with E-state index in [0.29, 0.717) is 38.3 Å². The minimum Gasteiger partial charge on any atom is -0.481 e. The van der Waals surface area contributed by atoms with Gasteiger partial charge in [-0.3, -0.25) is 29.3 Å². The maximum Gasteiger partial charge on any atom is 0.433 e. The molecule has 6 heterocycles. The number of nitrogens with two attached hydrogens (primary N) is 1. The van der Waals surface area contributed by atoms with Crippen LogP contribution in [0, 0.1) is 17.8 Å². The van der Waals surface area contributed by atoms with Crippen LogP contribution in [0.4, 0.5) is 24.5 Å². The largest absolute Gasteiger partial charge is 0.481 e. The van der Waals surface area contributed by atoms with Gasteiger partial charge in [-0.15, -0.1) is 0 Å². The molecule has 4 aromatic rings. The highest BCUT2D eigenvalue weighted by Crippen LogP contribution is 2.37. The average Bonchev–Trinajstić information content (AvgIpc) is 3.84. The number of hydrogen-bond donors (Lipinski definition) is 6. The van der Waals surface area contributed by atoms with E-state index in [2.05, 4.69) is 40.7 Å². The topological polar surface area (TPSA) is 219 Å². The number of nitrogens with one attached hydrogen (secondary N) is 4. The van der Waals surface area contributed by atoms with Crippen LogP contribution in [0.3, 0.4) is 0 Å². The van der Waals surface area contributed by atoms with Gasteiger partial charge in [-0.25, -0.2) is 4.98 Å².